The quantitative estimate of drug-likeness (QED) is 0.694. The number of hydrogen-bond donors (Lipinski definition) is 1. The molecular weight excluding hydrogens is 332 g/mol. The highest BCUT2D eigenvalue weighted by molar-refractivity contribution is 7.09. The smallest absolute Gasteiger partial charge is 0.244 e. The molecule has 2 aromatic rings. The summed E-state index contributed by atoms with van der Waals surface area (Å²) in [6, 6.07) is 7.68. The molecule has 0 unspecified atom stereocenters. The maximum absolute atomic E-state index is 12.2. The number of nitrogens with zero attached hydrogens (tertiary/aromatic N) is 1. The number of carbonyl (C=O) groups excluding carboxylic acids is 1. The molecule has 1 aromatic heterocycles. The second-order valence-corrected chi connectivity index (χ2v) is 7.70. The van der Waals surface area contributed by atoms with Crippen molar-refractivity contribution in [2.45, 2.75) is 52.7 Å². The molecule has 0 saturated heterocycles. The monoisotopic (exact) mass is 358 g/mol. The van der Waals surface area contributed by atoms with E-state index in [4.69, 9.17) is 4.74 Å². The van der Waals surface area contributed by atoms with Crippen molar-refractivity contribution in [1.29, 1.82) is 0 Å². The van der Waals surface area contributed by atoms with Crippen LogP contribution in [-0.2, 0) is 11.4 Å². The van der Waals surface area contributed by atoms with Gasteiger partial charge in [-0.1, -0.05) is 31.5 Å². The number of nitrogens with one attached hydrogen (secondary N) is 1. The average molecular weight is 359 g/mol. The number of carbonyl (C=O) groups is 1. The van der Waals surface area contributed by atoms with E-state index in [1.165, 1.54) is 0 Å². The second kappa shape index (κ2) is 8.81. The topological polar surface area (TPSA) is 51.2 Å². The summed E-state index contributed by atoms with van der Waals surface area (Å²) in [5.74, 6) is 0.647. The fraction of sp³-hybridized carbons (Fsp3) is 0.400. The van der Waals surface area contributed by atoms with Gasteiger partial charge in [-0.3, -0.25) is 4.79 Å². The van der Waals surface area contributed by atoms with Crippen LogP contribution in [0, 0.1) is 6.92 Å². The Labute approximate surface area is 153 Å². The average Bonchev–Trinajstić information content (AvgIpc) is 2.96. The van der Waals surface area contributed by atoms with Crippen LogP contribution in [-0.4, -0.2) is 16.4 Å². The summed E-state index contributed by atoms with van der Waals surface area (Å²) < 4.78 is 5.87. The first-order valence-corrected chi connectivity index (χ1v) is 9.40. The van der Waals surface area contributed by atoms with Crippen LogP contribution in [0.5, 0.6) is 5.75 Å². The lowest BCUT2D eigenvalue weighted by atomic mass is 9.99. The molecule has 0 aliphatic carbocycles. The molecule has 0 bridgehead atoms. The molecule has 0 fully saturated rings. The third-order valence-corrected chi connectivity index (χ3v) is 4.53. The normalized spacial score (nSPS) is 11.7. The van der Waals surface area contributed by atoms with Crippen LogP contribution in [0.3, 0.4) is 0 Å². The van der Waals surface area contributed by atoms with Crippen LogP contribution in [0.4, 0.5) is 0 Å². The number of para-hydroxylation sites is 1. The summed E-state index contributed by atoms with van der Waals surface area (Å²) in [5, 5.41) is 6.06. The Kier molecular flexibility index (Phi) is 6.76. The molecular formula is C20H26N2O2S. The van der Waals surface area contributed by atoms with Crippen molar-refractivity contribution in [2.75, 3.05) is 0 Å². The number of aryl methyl sites for hydroxylation is 1. The molecule has 0 radical (unpaired) electrons. The Bertz CT molecular complexity index is 735. The number of amides is 1. The van der Waals surface area contributed by atoms with Crippen molar-refractivity contribution in [1.82, 2.24) is 10.3 Å². The van der Waals surface area contributed by atoms with E-state index >= 15 is 0 Å². The van der Waals surface area contributed by atoms with Crippen LogP contribution in [0.1, 0.15) is 49.9 Å². The Morgan fingerprint density at radius 1 is 1.36 bits per heavy atom. The van der Waals surface area contributed by atoms with Crippen molar-refractivity contribution in [3.05, 3.63) is 52.0 Å². The molecule has 2 rings (SSSR count). The maximum atomic E-state index is 12.2. The van der Waals surface area contributed by atoms with E-state index in [9.17, 15) is 4.79 Å². The Hall–Kier alpha value is -2.14. The highest BCUT2D eigenvalue weighted by Gasteiger charge is 2.17. The van der Waals surface area contributed by atoms with Gasteiger partial charge in [0.1, 0.15) is 12.4 Å². The van der Waals surface area contributed by atoms with E-state index in [1.807, 2.05) is 50.4 Å². The van der Waals surface area contributed by atoms with E-state index in [-0.39, 0.29) is 11.4 Å². The predicted molar refractivity (Wildman–Crippen MR) is 104 cm³/mol. The van der Waals surface area contributed by atoms with Gasteiger partial charge in [0.2, 0.25) is 5.91 Å². The highest BCUT2D eigenvalue weighted by Crippen LogP contribution is 2.21. The molecule has 0 aliphatic rings. The van der Waals surface area contributed by atoms with Crippen molar-refractivity contribution in [3.8, 4) is 5.75 Å². The molecule has 134 valence electrons. The number of thiazole rings is 1. The van der Waals surface area contributed by atoms with Gasteiger partial charge in [0.25, 0.3) is 0 Å². The van der Waals surface area contributed by atoms with E-state index in [0.29, 0.717) is 6.61 Å². The molecule has 1 amide bonds. The van der Waals surface area contributed by atoms with Crippen LogP contribution >= 0.6 is 11.3 Å². The number of rotatable bonds is 8. The van der Waals surface area contributed by atoms with Gasteiger partial charge in [-0.05, 0) is 39.3 Å². The standard InChI is InChI=1S/C20H26N2O2S/c1-5-12-20(3,4)22-19(23)11-10-16-8-6-7-9-18(16)24-13-17-14-25-15(2)21-17/h6-11,14H,5,12-13H2,1-4H3,(H,22,23)/b11-10+. The van der Waals surface area contributed by atoms with Gasteiger partial charge in [0.15, 0.2) is 0 Å². The van der Waals surface area contributed by atoms with Crippen molar-refractivity contribution >= 4 is 23.3 Å². The minimum atomic E-state index is -0.200. The van der Waals surface area contributed by atoms with E-state index < -0.39 is 0 Å². The van der Waals surface area contributed by atoms with Gasteiger partial charge in [-0.15, -0.1) is 11.3 Å². The number of ether oxygens (including phenoxy) is 1. The zero-order valence-electron chi connectivity index (χ0n) is 15.3. The lowest BCUT2D eigenvalue weighted by Crippen LogP contribution is -2.42. The van der Waals surface area contributed by atoms with Crippen molar-refractivity contribution < 1.29 is 9.53 Å². The van der Waals surface area contributed by atoms with Gasteiger partial charge in [0.05, 0.1) is 10.7 Å². The zero-order chi connectivity index (χ0) is 18.3. The van der Waals surface area contributed by atoms with E-state index in [0.717, 1.165) is 34.9 Å². The van der Waals surface area contributed by atoms with Gasteiger partial charge >= 0.3 is 0 Å². The molecule has 1 aromatic carbocycles. The van der Waals surface area contributed by atoms with E-state index in [1.54, 1.807) is 23.5 Å². The summed E-state index contributed by atoms with van der Waals surface area (Å²) in [4.78, 5) is 16.6. The Morgan fingerprint density at radius 3 is 2.80 bits per heavy atom. The van der Waals surface area contributed by atoms with Gasteiger partial charge in [-0.2, -0.15) is 0 Å². The minimum absolute atomic E-state index is 0.0941. The lowest BCUT2D eigenvalue weighted by Gasteiger charge is -2.24. The first kappa shape index (κ1) is 19.2. The predicted octanol–water partition coefficient (Wildman–Crippen LogP) is 4.74. The fourth-order valence-electron chi connectivity index (χ4n) is 2.60. The highest BCUT2D eigenvalue weighted by atomic mass is 32.1. The minimum Gasteiger partial charge on any atom is -0.487 e. The molecule has 25 heavy (non-hydrogen) atoms. The number of aromatic nitrogens is 1. The lowest BCUT2D eigenvalue weighted by molar-refractivity contribution is -0.118. The molecule has 0 aliphatic heterocycles. The summed E-state index contributed by atoms with van der Waals surface area (Å²) >= 11 is 1.61. The molecule has 0 atom stereocenters. The number of benzene rings is 1. The summed E-state index contributed by atoms with van der Waals surface area (Å²) in [7, 11) is 0. The first-order chi connectivity index (χ1) is 11.9. The molecule has 4 nitrogen and oxygen atoms in total. The van der Waals surface area contributed by atoms with Crippen molar-refractivity contribution in [2.24, 2.45) is 0 Å². The summed E-state index contributed by atoms with van der Waals surface area (Å²) in [5.41, 5.74) is 1.59. The molecule has 1 N–H and O–H groups in total. The SMILES string of the molecule is CCCC(C)(C)NC(=O)/C=C/c1ccccc1OCc1csc(C)n1. The molecule has 0 spiro atoms. The summed E-state index contributed by atoms with van der Waals surface area (Å²) in [6.45, 7) is 8.58. The van der Waals surface area contributed by atoms with Gasteiger partial charge in [-0.25, -0.2) is 4.98 Å². The van der Waals surface area contributed by atoms with Gasteiger partial charge in [0, 0.05) is 22.6 Å². The maximum Gasteiger partial charge on any atom is 0.244 e. The van der Waals surface area contributed by atoms with Crippen LogP contribution in [0.15, 0.2) is 35.7 Å². The number of hydrogen-bond acceptors (Lipinski definition) is 4. The fourth-order valence-corrected chi connectivity index (χ4v) is 3.20. The van der Waals surface area contributed by atoms with Crippen molar-refractivity contribution in [3.63, 3.8) is 0 Å². The third kappa shape index (κ3) is 6.35. The summed E-state index contributed by atoms with van der Waals surface area (Å²) in [6.07, 6.45) is 5.33. The molecule has 0 saturated carbocycles. The van der Waals surface area contributed by atoms with E-state index in [2.05, 4.69) is 17.2 Å². The largest absolute Gasteiger partial charge is 0.487 e. The Balaban J connectivity index is 2.00. The second-order valence-electron chi connectivity index (χ2n) is 6.64. The van der Waals surface area contributed by atoms with Crippen LogP contribution in [0.2, 0.25) is 0 Å². The zero-order valence-corrected chi connectivity index (χ0v) is 16.2. The first-order valence-electron chi connectivity index (χ1n) is 8.52. The van der Waals surface area contributed by atoms with Crippen LogP contribution < -0.4 is 10.1 Å². The third-order valence-electron chi connectivity index (χ3n) is 3.71. The molecule has 1 heterocycles. The van der Waals surface area contributed by atoms with Crippen LogP contribution in [0.25, 0.3) is 6.08 Å². The Morgan fingerprint density at radius 2 is 2.12 bits per heavy atom. The van der Waals surface area contributed by atoms with Gasteiger partial charge < -0.3 is 10.1 Å². The molecule has 5 heteroatoms.